The third kappa shape index (κ3) is 6.80. The van der Waals surface area contributed by atoms with E-state index in [9.17, 15) is 26.3 Å². The molecular weight excluding hydrogens is 496 g/mol. The number of benzene rings is 1. The predicted octanol–water partition coefficient (Wildman–Crippen LogP) is 6.39. The molecule has 0 amide bonds. The summed E-state index contributed by atoms with van der Waals surface area (Å²) < 4.78 is 80.7. The molecule has 0 saturated carbocycles. The second-order valence-electron chi connectivity index (χ2n) is 9.95. The van der Waals surface area contributed by atoms with Gasteiger partial charge < -0.3 is 10.2 Å². The van der Waals surface area contributed by atoms with Crippen LogP contribution in [0.1, 0.15) is 74.1 Å². The zero-order chi connectivity index (χ0) is 26.8. The number of hydrogen-bond donors (Lipinski definition) is 1. The molecule has 11 heteroatoms. The number of nitrogens with zero attached hydrogens (tertiary/aromatic N) is 4. The van der Waals surface area contributed by atoms with Gasteiger partial charge in [0.1, 0.15) is 0 Å². The molecule has 0 bridgehead atoms. The minimum Gasteiger partial charge on any atom is -0.332 e. The SMILES string of the molecule is CC[C@@H]1CC(N(Cc2cc(C(F)(F)F)cc(C(F)(F)F)c2)c2ncc(C3C=NC(C)CCC3)cn2)CN1. The summed E-state index contributed by atoms with van der Waals surface area (Å²) >= 11 is 0. The normalized spacial score (nSPS) is 24.8. The Morgan fingerprint density at radius 1 is 0.973 bits per heavy atom. The number of rotatable bonds is 6. The molecule has 3 heterocycles. The first-order valence-electron chi connectivity index (χ1n) is 12.6. The topological polar surface area (TPSA) is 53.4 Å². The zero-order valence-corrected chi connectivity index (χ0v) is 20.8. The van der Waals surface area contributed by atoms with E-state index in [0.717, 1.165) is 43.4 Å². The van der Waals surface area contributed by atoms with Crippen molar-refractivity contribution < 1.29 is 26.3 Å². The molecule has 2 aliphatic rings. The summed E-state index contributed by atoms with van der Waals surface area (Å²) in [4.78, 5) is 15.3. The number of nitrogens with one attached hydrogen (secondary N) is 1. The third-order valence-electron chi connectivity index (χ3n) is 7.13. The Labute approximate surface area is 212 Å². The van der Waals surface area contributed by atoms with Crippen molar-refractivity contribution in [2.24, 2.45) is 4.99 Å². The summed E-state index contributed by atoms with van der Waals surface area (Å²) in [6.07, 6.45) is -0.0444. The fraction of sp³-hybridized carbons (Fsp3) is 0.577. The van der Waals surface area contributed by atoms with Gasteiger partial charge in [0, 0.05) is 55.7 Å². The summed E-state index contributed by atoms with van der Waals surface area (Å²) in [6, 6.07) is 1.98. The fourth-order valence-corrected chi connectivity index (χ4v) is 4.97. The van der Waals surface area contributed by atoms with Crippen LogP contribution in [0.25, 0.3) is 0 Å². The highest BCUT2D eigenvalue weighted by Gasteiger charge is 2.38. The van der Waals surface area contributed by atoms with Crippen molar-refractivity contribution in [2.45, 2.75) is 88.9 Å². The maximum absolute atomic E-state index is 13.4. The molecule has 1 aromatic heterocycles. The fourth-order valence-electron chi connectivity index (χ4n) is 4.97. The Bertz CT molecular complexity index is 1050. The maximum atomic E-state index is 13.4. The van der Waals surface area contributed by atoms with Crippen molar-refractivity contribution in [1.29, 1.82) is 0 Å². The molecular formula is C26H31F6N5. The van der Waals surface area contributed by atoms with Gasteiger partial charge in [-0.1, -0.05) is 13.3 Å². The van der Waals surface area contributed by atoms with E-state index in [1.54, 1.807) is 17.3 Å². The number of aliphatic imine (C=N–C) groups is 1. The monoisotopic (exact) mass is 527 g/mol. The van der Waals surface area contributed by atoms with Crippen molar-refractivity contribution in [3.05, 3.63) is 52.8 Å². The van der Waals surface area contributed by atoms with Gasteiger partial charge in [0.2, 0.25) is 5.95 Å². The molecule has 2 aliphatic heterocycles. The number of alkyl halides is 6. The Kier molecular flexibility index (Phi) is 8.11. The lowest BCUT2D eigenvalue weighted by Crippen LogP contribution is -2.37. The van der Waals surface area contributed by atoms with Crippen LogP contribution < -0.4 is 10.2 Å². The van der Waals surface area contributed by atoms with Gasteiger partial charge in [0.15, 0.2) is 0 Å². The molecule has 2 aromatic rings. The van der Waals surface area contributed by atoms with Crippen LogP contribution in [0, 0.1) is 0 Å². The molecule has 5 nitrogen and oxygen atoms in total. The van der Waals surface area contributed by atoms with Gasteiger partial charge in [-0.05, 0) is 61.9 Å². The maximum Gasteiger partial charge on any atom is 0.416 e. The van der Waals surface area contributed by atoms with Gasteiger partial charge in [-0.2, -0.15) is 26.3 Å². The lowest BCUT2D eigenvalue weighted by molar-refractivity contribution is -0.143. The molecule has 4 atom stereocenters. The zero-order valence-electron chi connectivity index (χ0n) is 20.8. The Morgan fingerprint density at radius 2 is 1.62 bits per heavy atom. The number of halogens is 6. The van der Waals surface area contributed by atoms with E-state index >= 15 is 0 Å². The minimum absolute atomic E-state index is 0.0721. The van der Waals surface area contributed by atoms with Crippen molar-refractivity contribution in [1.82, 2.24) is 15.3 Å². The molecule has 37 heavy (non-hydrogen) atoms. The summed E-state index contributed by atoms with van der Waals surface area (Å²) in [6.45, 7) is 4.43. The lowest BCUT2D eigenvalue weighted by atomic mass is 9.97. The minimum atomic E-state index is -4.90. The molecule has 1 aromatic carbocycles. The summed E-state index contributed by atoms with van der Waals surface area (Å²) in [5.41, 5.74) is -1.87. The molecule has 0 radical (unpaired) electrons. The summed E-state index contributed by atoms with van der Waals surface area (Å²) in [5.74, 6) is 0.347. The number of aromatic nitrogens is 2. The highest BCUT2D eigenvalue weighted by atomic mass is 19.4. The van der Waals surface area contributed by atoms with Crippen LogP contribution in [0.4, 0.5) is 32.3 Å². The van der Waals surface area contributed by atoms with Crippen LogP contribution in [-0.4, -0.2) is 40.9 Å². The average Bonchev–Trinajstić information content (AvgIpc) is 3.22. The number of hydrogen-bond acceptors (Lipinski definition) is 5. The van der Waals surface area contributed by atoms with Crippen molar-refractivity contribution in [2.75, 3.05) is 11.4 Å². The van der Waals surface area contributed by atoms with E-state index in [4.69, 9.17) is 0 Å². The second kappa shape index (κ2) is 11.0. The lowest BCUT2D eigenvalue weighted by Gasteiger charge is -2.29. The van der Waals surface area contributed by atoms with Gasteiger partial charge in [-0.25, -0.2) is 9.97 Å². The summed E-state index contributed by atoms with van der Waals surface area (Å²) in [7, 11) is 0. The van der Waals surface area contributed by atoms with E-state index in [1.165, 1.54) is 0 Å². The van der Waals surface area contributed by atoms with E-state index in [2.05, 4.69) is 27.2 Å². The third-order valence-corrected chi connectivity index (χ3v) is 7.13. The quantitative estimate of drug-likeness (QED) is 0.443. The largest absolute Gasteiger partial charge is 0.416 e. The predicted molar refractivity (Wildman–Crippen MR) is 130 cm³/mol. The van der Waals surface area contributed by atoms with Crippen LogP contribution in [0.15, 0.2) is 35.6 Å². The van der Waals surface area contributed by atoms with Gasteiger partial charge in [0.05, 0.1) is 11.1 Å². The van der Waals surface area contributed by atoms with Crippen molar-refractivity contribution in [3.63, 3.8) is 0 Å². The van der Waals surface area contributed by atoms with Gasteiger partial charge in [-0.3, -0.25) is 4.99 Å². The highest BCUT2D eigenvalue weighted by Crippen LogP contribution is 2.37. The van der Waals surface area contributed by atoms with Crippen LogP contribution in [0.2, 0.25) is 0 Å². The van der Waals surface area contributed by atoms with Crippen LogP contribution >= 0.6 is 0 Å². The summed E-state index contributed by atoms with van der Waals surface area (Å²) in [5, 5.41) is 3.36. The molecule has 0 spiro atoms. The van der Waals surface area contributed by atoms with Gasteiger partial charge in [-0.15, -0.1) is 0 Å². The van der Waals surface area contributed by atoms with Gasteiger partial charge >= 0.3 is 12.4 Å². The highest BCUT2D eigenvalue weighted by molar-refractivity contribution is 5.68. The van der Waals surface area contributed by atoms with Crippen molar-refractivity contribution in [3.8, 4) is 0 Å². The van der Waals surface area contributed by atoms with Crippen LogP contribution in [0.3, 0.4) is 0 Å². The molecule has 3 unspecified atom stereocenters. The molecule has 1 N–H and O–H groups in total. The number of anilines is 1. The Morgan fingerprint density at radius 3 is 2.19 bits per heavy atom. The van der Waals surface area contributed by atoms with E-state index in [-0.39, 0.29) is 48.2 Å². The molecule has 4 rings (SSSR count). The first-order chi connectivity index (χ1) is 17.4. The molecule has 202 valence electrons. The molecule has 0 aliphatic carbocycles. The van der Waals surface area contributed by atoms with Crippen LogP contribution in [0.5, 0.6) is 0 Å². The first kappa shape index (κ1) is 27.3. The Balaban J connectivity index is 1.66. The van der Waals surface area contributed by atoms with Crippen LogP contribution in [-0.2, 0) is 18.9 Å². The average molecular weight is 528 g/mol. The van der Waals surface area contributed by atoms with Gasteiger partial charge in [0.25, 0.3) is 0 Å². The second-order valence-corrected chi connectivity index (χ2v) is 9.95. The Hall–Kier alpha value is -2.69. The van der Waals surface area contributed by atoms with E-state index in [1.807, 2.05) is 13.1 Å². The first-order valence-corrected chi connectivity index (χ1v) is 12.6. The van der Waals surface area contributed by atoms with Crippen molar-refractivity contribution >= 4 is 12.2 Å². The van der Waals surface area contributed by atoms with E-state index < -0.39 is 23.5 Å². The molecule has 1 saturated heterocycles. The molecule has 1 fully saturated rings. The van der Waals surface area contributed by atoms with E-state index in [0.29, 0.717) is 13.0 Å². The smallest absolute Gasteiger partial charge is 0.332 e. The standard InChI is InChI=1S/C26H31F6N5/c1-3-22-10-23(14-34-22)37(15-17-7-20(25(27,28)29)9-21(8-17)26(30,31)32)24-35-12-19(13-36-24)18-6-4-5-16(2)33-11-18/h7-9,11-13,16,18,22-23,34H,3-6,10,14-15H2,1-2H3/t16?,18?,22-,23?/m1/s1.